The Morgan fingerprint density at radius 2 is 2.29 bits per heavy atom. The van der Waals surface area contributed by atoms with Crippen LogP contribution in [0.15, 0.2) is 12.3 Å². The van der Waals surface area contributed by atoms with Gasteiger partial charge in [-0.2, -0.15) is 0 Å². The van der Waals surface area contributed by atoms with Crippen molar-refractivity contribution in [2.45, 2.75) is 20.5 Å². The lowest BCUT2D eigenvalue weighted by atomic mass is 10.1. The Balaban J connectivity index is 2.88. The number of thioether (sulfide) groups is 1. The van der Waals surface area contributed by atoms with Gasteiger partial charge in [0.15, 0.2) is 5.12 Å². The number of aliphatic hydroxyl groups is 1. The van der Waals surface area contributed by atoms with E-state index in [4.69, 9.17) is 5.11 Å². The van der Waals surface area contributed by atoms with Crippen LogP contribution in [0.2, 0.25) is 0 Å². The van der Waals surface area contributed by atoms with Gasteiger partial charge >= 0.3 is 0 Å². The standard InChI is InChI=1S/C12H15NO3S/c1-8-12(16)11(10(7-14)6-13-8)4-3-5-17-9(2)15/h3-4,6,14,16H,5,7H2,1-2H3. The van der Waals surface area contributed by atoms with E-state index in [1.54, 1.807) is 19.1 Å². The highest BCUT2D eigenvalue weighted by Crippen LogP contribution is 2.25. The van der Waals surface area contributed by atoms with Gasteiger partial charge in [-0.05, 0) is 6.92 Å². The summed E-state index contributed by atoms with van der Waals surface area (Å²) in [6.07, 6.45) is 5.01. The lowest BCUT2D eigenvalue weighted by Crippen LogP contribution is -1.94. The fourth-order valence-corrected chi connectivity index (χ4v) is 1.72. The van der Waals surface area contributed by atoms with Gasteiger partial charge < -0.3 is 10.2 Å². The van der Waals surface area contributed by atoms with Crippen molar-refractivity contribution >= 4 is 23.0 Å². The summed E-state index contributed by atoms with van der Waals surface area (Å²) in [5.74, 6) is 0.613. The number of aliphatic hydroxyl groups excluding tert-OH is 1. The molecule has 0 aliphatic rings. The van der Waals surface area contributed by atoms with Crippen LogP contribution in [0.1, 0.15) is 23.7 Å². The van der Waals surface area contributed by atoms with Gasteiger partial charge in [0, 0.05) is 30.0 Å². The van der Waals surface area contributed by atoms with Crippen LogP contribution in [0.25, 0.3) is 6.08 Å². The molecule has 0 unspecified atom stereocenters. The van der Waals surface area contributed by atoms with Crippen molar-refractivity contribution in [3.8, 4) is 5.75 Å². The van der Waals surface area contributed by atoms with Crippen LogP contribution in [0.3, 0.4) is 0 Å². The van der Waals surface area contributed by atoms with Crippen LogP contribution in [-0.2, 0) is 11.4 Å². The molecule has 1 rings (SSSR count). The number of aromatic nitrogens is 1. The third-order valence-electron chi connectivity index (χ3n) is 2.20. The van der Waals surface area contributed by atoms with Gasteiger partial charge in [-0.1, -0.05) is 23.9 Å². The molecule has 2 N–H and O–H groups in total. The lowest BCUT2D eigenvalue weighted by molar-refractivity contribution is -0.109. The highest BCUT2D eigenvalue weighted by Gasteiger charge is 2.08. The quantitative estimate of drug-likeness (QED) is 0.857. The summed E-state index contributed by atoms with van der Waals surface area (Å²) in [4.78, 5) is 14.7. The van der Waals surface area contributed by atoms with Gasteiger partial charge in [0.1, 0.15) is 5.75 Å². The number of nitrogens with zero attached hydrogens (tertiary/aromatic N) is 1. The Morgan fingerprint density at radius 3 is 2.88 bits per heavy atom. The summed E-state index contributed by atoms with van der Waals surface area (Å²) in [6.45, 7) is 3.02. The molecule has 0 amide bonds. The van der Waals surface area contributed by atoms with E-state index < -0.39 is 0 Å². The fraction of sp³-hybridized carbons (Fsp3) is 0.333. The van der Waals surface area contributed by atoms with Crippen LogP contribution in [0, 0.1) is 6.92 Å². The first-order chi connectivity index (χ1) is 8.06. The molecule has 1 aromatic rings. The predicted octanol–water partition coefficient (Wildman–Crippen LogP) is 1.88. The van der Waals surface area contributed by atoms with Crippen molar-refractivity contribution in [2.75, 3.05) is 5.75 Å². The average Bonchev–Trinajstić information content (AvgIpc) is 2.29. The van der Waals surface area contributed by atoms with Crippen molar-refractivity contribution < 1.29 is 15.0 Å². The Kier molecular flexibility index (Phi) is 5.18. The largest absolute Gasteiger partial charge is 0.505 e. The highest BCUT2D eigenvalue weighted by atomic mass is 32.2. The molecule has 0 aliphatic carbocycles. The number of aryl methyl sites for hydroxylation is 1. The van der Waals surface area contributed by atoms with Crippen LogP contribution in [0.4, 0.5) is 0 Å². The van der Waals surface area contributed by atoms with Gasteiger partial charge in [-0.25, -0.2) is 0 Å². The first-order valence-corrected chi connectivity index (χ1v) is 6.13. The Bertz CT molecular complexity index is 444. The Morgan fingerprint density at radius 1 is 1.59 bits per heavy atom. The highest BCUT2D eigenvalue weighted by molar-refractivity contribution is 8.13. The van der Waals surface area contributed by atoms with Crippen molar-refractivity contribution in [2.24, 2.45) is 0 Å². The number of carbonyl (C=O) groups is 1. The van der Waals surface area contributed by atoms with Crippen LogP contribution in [0.5, 0.6) is 5.75 Å². The summed E-state index contributed by atoms with van der Waals surface area (Å²) >= 11 is 1.19. The Hall–Kier alpha value is -1.33. The minimum absolute atomic E-state index is 0.0483. The molecule has 0 saturated heterocycles. The maximum absolute atomic E-state index is 10.7. The zero-order valence-electron chi connectivity index (χ0n) is 9.80. The monoisotopic (exact) mass is 253 g/mol. The van der Waals surface area contributed by atoms with E-state index >= 15 is 0 Å². The van der Waals surface area contributed by atoms with E-state index in [1.165, 1.54) is 24.9 Å². The van der Waals surface area contributed by atoms with Crippen molar-refractivity contribution in [1.82, 2.24) is 4.98 Å². The number of aromatic hydroxyl groups is 1. The molecule has 0 radical (unpaired) electrons. The van der Waals surface area contributed by atoms with E-state index in [-0.39, 0.29) is 17.5 Å². The molecule has 0 aliphatic heterocycles. The molecule has 4 nitrogen and oxygen atoms in total. The number of pyridine rings is 1. The van der Waals surface area contributed by atoms with Crippen LogP contribution < -0.4 is 0 Å². The first-order valence-electron chi connectivity index (χ1n) is 5.14. The van der Waals surface area contributed by atoms with Gasteiger partial charge in [0.25, 0.3) is 0 Å². The minimum Gasteiger partial charge on any atom is -0.505 e. The molecule has 0 spiro atoms. The molecule has 1 aromatic heterocycles. The van der Waals surface area contributed by atoms with Crippen molar-refractivity contribution in [1.29, 1.82) is 0 Å². The van der Waals surface area contributed by atoms with Crippen molar-refractivity contribution in [3.63, 3.8) is 0 Å². The lowest BCUT2D eigenvalue weighted by Gasteiger charge is -2.07. The molecule has 0 saturated carbocycles. The SMILES string of the molecule is CC(=O)SCC=Cc1c(CO)cnc(C)c1O. The predicted molar refractivity (Wildman–Crippen MR) is 68.7 cm³/mol. The Labute approximate surface area is 104 Å². The maximum atomic E-state index is 10.7. The summed E-state index contributed by atoms with van der Waals surface area (Å²) in [5, 5.41) is 19.0. The molecule has 0 fully saturated rings. The molecule has 5 heteroatoms. The van der Waals surface area contributed by atoms with E-state index in [0.29, 0.717) is 22.6 Å². The van der Waals surface area contributed by atoms with Crippen molar-refractivity contribution in [3.05, 3.63) is 29.1 Å². The summed E-state index contributed by atoms with van der Waals surface area (Å²) in [6, 6.07) is 0. The van der Waals surface area contributed by atoms with Gasteiger partial charge in [0.05, 0.1) is 12.3 Å². The van der Waals surface area contributed by atoms with Crippen LogP contribution in [-0.4, -0.2) is 26.1 Å². The zero-order chi connectivity index (χ0) is 12.8. The molecule has 17 heavy (non-hydrogen) atoms. The second kappa shape index (κ2) is 6.42. The molecule has 0 atom stereocenters. The van der Waals surface area contributed by atoms with E-state index in [0.717, 1.165) is 0 Å². The number of hydrogen-bond acceptors (Lipinski definition) is 5. The van der Waals surface area contributed by atoms with Gasteiger partial charge in [0.2, 0.25) is 0 Å². The second-order valence-corrected chi connectivity index (χ2v) is 4.69. The third-order valence-corrected chi connectivity index (χ3v) is 2.96. The summed E-state index contributed by atoms with van der Waals surface area (Å²) in [5.41, 5.74) is 1.64. The average molecular weight is 253 g/mol. The van der Waals surface area contributed by atoms with Crippen LogP contribution >= 0.6 is 11.8 Å². The molecule has 0 aromatic carbocycles. The number of carbonyl (C=O) groups excluding carboxylic acids is 1. The molecule has 0 bridgehead atoms. The number of hydrogen-bond donors (Lipinski definition) is 2. The molecular weight excluding hydrogens is 238 g/mol. The summed E-state index contributed by atoms with van der Waals surface area (Å²) in [7, 11) is 0. The number of rotatable bonds is 4. The van der Waals surface area contributed by atoms with E-state index in [9.17, 15) is 9.90 Å². The second-order valence-electron chi connectivity index (χ2n) is 3.49. The van der Waals surface area contributed by atoms with Gasteiger partial charge in [-0.3, -0.25) is 9.78 Å². The zero-order valence-corrected chi connectivity index (χ0v) is 10.6. The maximum Gasteiger partial charge on any atom is 0.186 e. The van der Waals surface area contributed by atoms with E-state index in [1.807, 2.05) is 0 Å². The fourth-order valence-electron chi connectivity index (χ4n) is 1.30. The smallest absolute Gasteiger partial charge is 0.186 e. The third kappa shape index (κ3) is 3.87. The molecule has 1 heterocycles. The normalized spacial score (nSPS) is 11.0. The van der Waals surface area contributed by atoms with Gasteiger partial charge in [-0.15, -0.1) is 0 Å². The molecular formula is C12H15NO3S. The first kappa shape index (κ1) is 13.7. The minimum atomic E-state index is -0.180. The topological polar surface area (TPSA) is 70.4 Å². The summed E-state index contributed by atoms with van der Waals surface area (Å²) < 4.78 is 0. The van der Waals surface area contributed by atoms with E-state index in [2.05, 4.69) is 4.98 Å². The molecule has 92 valence electrons.